The van der Waals surface area contributed by atoms with Gasteiger partial charge >= 0.3 is 6.03 Å². The van der Waals surface area contributed by atoms with Crippen LogP contribution in [0.4, 0.5) is 4.79 Å². The molecule has 1 saturated heterocycles. The predicted octanol–water partition coefficient (Wildman–Crippen LogP) is 0.969. The lowest BCUT2D eigenvalue weighted by molar-refractivity contribution is -0.128. The molecule has 3 amide bonds. The van der Waals surface area contributed by atoms with Gasteiger partial charge in [-0.05, 0) is 31.5 Å². The fourth-order valence-corrected chi connectivity index (χ4v) is 2.11. The number of phenolic OH excluding ortho intramolecular Hbond substituents is 2. The summed E-state index contributed by atoms with van der Waals surface area (Å²) in [5.74, 6) is -0.725. The van der Waals surface area contributed by atoms with Gasteiger partial charge in [0, 0.05) is 12.5 Å². The third-order valence-corrected chi connectivity index (χ3v) is 3.05. The van der Waals surface area contributed by atoms with Gasteiger partial charge in [-0.1, -0.05) is 6.07 Å². The summed E-state index contributed by atoms with van der Waals surface area (Å²) >= 11 is 0. The van der Waals surface area contributed by atoms with Crippen LogP contribution in [-0.2, 0) is 11.2 Å². The highest BCUT2D eigenvalue weighted by molar-refractivity contribution is 6.04. The fraction of sp³-hybridized carbons (Fsp3) is 0.385. The summed E-state index contributed by atoms with van der Waals surface area (Å²) in [6, 6.07) is 3.13. The van der Waals surface area contributed by atoms with Gasteiger partial charge in [0.2, 0.25) is 0 Å². The summed E-state index contributed by atoms with van der Waals surface area (Å²) in [6.07, 6.45) is 0.279. The Balaban J connectivity index is 2.14. The highest BCUT2D eigenvalue weighted by atomic mass is 16.3. The van der Waals surface area contributed by atoms with Crippen LogP contribution in [0.15, 0.2) is 18.2 Å². The van der Waals surface area contributed by atoms with E-state index in [4.69, 9.17) is 0 Å². The molecule has 0 radical (unpaired) electrons. The summed E-state index contributed by atoms with van der Waals surface area (Å²) < 4.78 is 0. The van der Waals surface area contributed by atoms with Crippen LogP contribution >= 0.6 is 0 Å². The van der Waals surface area contributed by atoms with Gasteiger partial charge in [0.15, 0.2) is 11.5 Å². The van der Waals surface area contributed by atoms with E-state index in [1.807, 2.05) is 0 Å². The maximum atomic E-state index is 12.0. The Kier molecular flexibility index (Phi) is 3.33. The molecule has 1 fully saturated rings. The van der Waals surface area contributed by atoms with Crippen molar-refractivity contribution >= 4 is 11.9 Å². The lowest BCUT2D eigenvalue weighted by atomic mass is 10.1. The first-order valence-corrected chi connectivity index (χ1v) is 6.04. The average molecular weight is 264 g/mol. The Morgan fingerprint density at radius 3 is 2.47 bits per heavy atom. The van der Waals surface area contributed by atoms with Gasteiger partial charge in [-0.15, -0.1) is 0 Å². The largest absolute Gasteiger partial charge is 0.504 e. The van der Waals surface area contributed by atoms with Crippen molar-refractivity contribution in [3.63, 3.8) is 0 Å². The zero-order valence-corrected chi connectivity index (χ0v) is 10.8. The number of hydrogen-bond acceptors (Lipinski definition) is 4. The number of carbonyl (C=O) groups excluding carboxylic acids is 2. The van der Waals surface area contributed by atoms with Crippen LogP contribution in [0.5, 0.6) is 11.5 Å². The molecule has 6 nitrogen and oxygen atoms in total. The Bertz CT molecular complexity index is 527. The van der Waals surface area contributed by atoms with E-state index in [2.05, 4.69) is 5.32 Å². The van der Waals surface area contributed by atoms with Crippen molar-refractivity contribution < 1.29 is 19.8 Å². The minimum atomic E-state index is -0.626. The molecule has 1 aromatic carbocycles. The van der Waals surface area contributed by atoms with Crippen molar-refractivity contribution in [3.05, 3.63) is 23.8 Å². The Morgan fingerprint density at radius 1 is 1.26 bits per heavy atom. The molecule has 1 unspecified atom stereocenters. The number of aromatic hydroxyl groups is 2. The van der Waals surface area contributed by atoms with Gasteiger partial charge in [0.1, 0.15) is 6.04 Å². The zero-order chi connectivity index (χ0) is 14.2. The van der Waals surface area contributed by atoms with E-state index in [-0.39, 0.29) is 29.9 Å². The van der Waals surface area contributed by atoms with E-state index in [1.54, 1.807) is 19.9 Å². The average Bonchev–Trinajstić information content (AvgIpc) is 2.59. The van der Waals surface area contributed by atoms with Gasteiger partial charge in [0.05, 0.1) is 0 Å². The van der Waals surface area contributed by atoms with E-state index in [9.17, 15) is 19.8 Å². The standard InChI is InChI=1S/C13H16N2O4/c1-7(2)15-12(18)9(14-13(15)19)5-8-3-4-10(16)11(17)6-8/h3-4,6-7,9,16-17H,5H2,1-2H3,(H,14,19). The van der Waals surface area contributed by atoms with Gasteiger partial charge in [-0.25, -0.2) is 4.79 Å². The van der Waals surface area contributed by atoms with Gasteiger partial charge in [-0.3, -0.25) is 9.69 Å². The van der Waals surface area contributed by atoms with Crippen LogP contribution in [0.3, 0.4) is 0 Å². The number of phenols is 2. The lowest BCUT2D eigenvalue weighted by Gasteiger charge is -2.16. The molecule has 2 rings (SSSR count). The summed E-state index contributed by atoms with van der Waals surface area (Å²) in [6.45, 7) is 3.54. The Labute approximate surface area is 110 Å². The van der Waals surface area contributed by atoms with Crippen LogP contribution < -0.4 is 5.32 Å². The predicted molar refractivity (Wildman–Crippen MR) is 67.8 cm³/mol. The van der Waals surface area contributed by atoms with E-state index in [0.717, 1.165) is 0 Å². The van der Waals surface area contributed by atoms with Crippen LogP contribution in [0.25, 0.3) is 0 Å². The van der Waals surface area contributed by atoms with Crippen molar-refractivity contribution in [3.8, 4) is 11.5 Å². The number of hydrogen-bond donors (Lipinski definition) is 3. The third-order valence-electron chi connectivity index (χ3n) is 3.05. The monoisotopic (exact) mass is 264 g/mol. The summed E-state index contributed by atoms with van der Waals surface area (Å²) in [5, 5.41) is 21.2. The number of urea groups is 1. The molecule has 1 aliphatic heterocycles. The Hall–Kier alpha value is -2.24. The number of nitrogens with zero attached hydrogens (tertiary/aromatic N) is 1. The van der Waals surface area contributed by atoms with Crippen LogP contribution in [-0.4, -0.2) is 39.1 Å². The first-order valence-electron chi connectivity index (χ1n) is 6.04. The highest BCUT2D eigenvalue weighted by Gasteiger charge is 2.39. The molecular formula is C13H16N2O4. The molecular weight excluding hydrogens is 248 g/mol. The molecule has 1 heterocycles. The van der Waals surface area contributed by atoms with Gasteiger partial charge in [-0.2, -0.15) is 0 Å². The second kappa shape index (κ2) is 4.79. The molecule has 0 aliphatic carbocycles. The van der Waals surface area contributed by atoms with Crippen molar-refractivity contribution in [1.82, 2.24) is 10.2 Å². The van der Waals surface area contributed by atoms with Crippen LogP contribution in [0.2, 0.25) is 0 Å². The van der Waals surface area contributed by atoms with Gasteiger partial charge in [0.25, 0.3) is 5.91 Å². The van der Waals surface area contributed by atoms with Crippen LogP contribution in [0, 0.1) is 0 Å². The minimum Gasteiger partial charge on any atom is -0.504 e. The first-order chi connectivity index (χ1) is 8.90. The van der Waals surface area contributed by atoms with Gasteiger partial charge < -0.3 is 15.5 Å². The molecule has 6 heteroatoms. The first kappa shape index (κ1) is 13.2. The van der Waals surface area contributed by atoms with Crippen molar-refractivity contribution in [2.24, 2.45) is 0 Å². The molecule has 0 spiro atoms. The fourth-order valence-electron chi connectivity index (χ4n) is 2.11. The van der Waals surface area contributed by atoms with E-state index in [0.29, 0.717) is 5.56 Å². The summed E-state index contributed by atoms with van der Waals surface area (Å²) in [4.78, 5) is 24.9. The smallest absolute Gasteiger partial charge is 0.325 e. The van der Waals surface area contributed by atoms with E-state index >= 15 is 0 Å². The van der Waals surface area contributed by atoms with E-state index in [1.165, 1.54) is 17.0 Å². The lowest BCUT2D eigenvalue weighted by Crippen LogP contribution is -2.37. The maximum absolute atomic E-state index is 12.0. The molecule has 19 heavy (non-hydrogen) atoms. The van der Waals surface area contributed by atoms with Crippen LogP contribution in [0.1, 0.15) is 19.4 Å². The maximum Gasteiger partial charge on any atom is 0.325 e. The second-order valence-corrected chi connectivity index (χ2v) is 4.83. The zero-order valence-electron chi connectivity index (χ0n) is 10.8. The Morgan fingerprint density at radius 2 is 1.95 bits per heavy atom. The van der Waals surface area contributed by atoms with Crippen molar-refractivity contribution in [1.29, 1.82) is 0 Å². The number of benzene rings is 1. The molecule has 0 saturated carbocycles. The molecule has 0 bridgehead atoms. The molecule has 1 atom stereocenters. The van der Waals surface area contributed by atoms with Crippen molar-refractivity contribution in [2.75, 3.05) is 0 Å². The number of nitrogens with one attached hydrogen (secondary N) is 1. The number of amides is 3. The third kappa shape index (κ3) is 2.47. The minimum absolute atomic E-state index is 0.189. The van der Waals surface area contributed by atoms with E-state index < -0.39 is 12.1 Å². The molecule has 1 aliphatic rings. The topological polar surface area (TPSA) is 89.9 Å². The highest BCUT2D eigenvalue weighted by Crippen LogP contribution is 2.26. The summed E-state index contributed by atoms with van der Waals surface area (Å²) in [5.41, 5.74) is 0.666. The van der Waals surface area contributed by atoms with Crippen molar-refractivity contribution in [2.45, 2.75) is 32.4 Å². The number of carbonyl (C=O) groups is 2. The normalized spacial score (nSPS) is 19.1. The number of imide groups is 1. The second-order valence-electron chi connectivity index (χ2n) is 4.83. The summed E-state index contributed by atoms with van der Waals surface area (Å²) in [7, 11) is 0. The quantitative estimate of drug-likeness (QED) is 0.560. The SMILES string of the molecule is CC(C)N1C(=O)NC(Cc2ccc(O)c(O)c2)C1=O. The number of rotatable bonds is 3. The molecule has 0 aromatic heterocycles. The molecule has 1 aromatic rings. The molecule has 102 valence electrons. The molecule has 3 N–H and O–H groups in total.